The summed E-state index contributed by atoms with van der Waals surface area (Å²) in [6.45, 7) is 8.58. The molecule has 0 aromatic carbocycles. The van der Waals surface area contributed by atoms with E-state index in [1.807, 2.05) is 0 Å². The molecule has 0 heterocycles. The van der Waals surface area contributed by atoms with Crippen molar-refractivity contribution in [3.8, 4) is 36.4 Å². The van der Waals surface area contributed by atoms with Gasteiger partial charge in [0.05, 0.1) is 36.4 Å². The molecule has 6 nitrogen and oxygen atoms in total. The van der Waals surface area contributed by atoms with Crippen LogP contribution in [0.2, 0.25) is 0 Å². The number of nitrogens with zero attached hydrogens (tertiary/aromatic N) is 6. The van der Waals surface area contributed by atoms with Gasteiger partial charge in [-0.2, -0.15) is 31.6 Å². The van der Waals surface area contributed by atoms with Crippen molar-refractivity contribution in [3.63, 3.8) is 0 Å². The van der Waals surface area contributed by atoms with Crippen molar-refractivity contribution in [2.45, 2.75) is 41.5 Å². The third kappa shape index (κ3) is 31800. The standard InChI is InChI=1S/6C2H3N.12FH.2Pd.2Sb/c6*1-2-3;;;;;;;;;;;;;;;;/h6*1H3;12*1H;;;;/q;;;;;;;;;;;;;;;;;;;;2*+5/p-12. The van der Waals surface area contributed by atoms with Crippen molar-refractivity contribution in [2.24, 2.45) is 0 Å². The molecule has 34 heavy (non-hydrogen) atoms. The Kier molecular flexibility index (Phi) is 47.3. The number of rotatable bonds is 0. The van der Waals surface area contributed by atoms with E-state index in [0.717, 1.165) is 0 Å². The van der Waals surface area contributed by atoms with E-state index in [1.54, 1.807) is 36.4 Å². The Morgan fingerprint density at radius 3 is 0.324 bits per heavy atom. The van der Waals surface area contributed by atoms with Crippen molar-refractivity contribution >= 4 is 39.0 Å². The van der Waals surface area contributed by atoms with Gasteiger partial charge in [0.2, 0.25) is 0 Å². The van der Waals surface area contributed by atoms with Gasteiger partial charge in [0, 0.05) is 82.4 Å². The first kappa shape index (κ1) is 63.9. The van der Waals surface area contributed by atoms with E-state index in [2.05, 4.69) is 0 Å². The van der Waals surface area contributed by atoms with Gasteiger partial charge in [0.1, 0.15) is 0 Å². The van der Waals surface area contributed by atoms with Crippen molar-refractivity contribution in [2.75, 3.05) is 0 Å². The summed E-state index contributed by atoms with van der Waals surface area (Å²) < 4.78 is 119. The van der Waals surface area contributed by atoms with Crippen LogP contribution >= 0.6 is 0 Å². The molecule has 0 aromatic rings. The summed E-state index contributed by atoms with van der Waals surface area (Å²) >= 11 is -22.5. The molecule has 0 rings (SSSR count). The zero-order chi connectivity index (χ0) is 29.1. The van der Waals surface area contributed by atoms with E-state index < -0.39 is 39.0 Å². The second kappa shape index (κ2) is 25.2. The van der Waals surface area contributed by atoms with E-state index in [0.29, 0.717) is 0 Å². The predicted octanol–water partition coefficient (Wildman–Crippen LogP) is 7.46. The number of halogens is 12. The third-order valence-corrected chi connectivity index (χ3v) is 0. The van der Waals surface area contributed by atoms with Gasteiger partial charge >= 0.3 is 72.7 Å². The fraction of sp³-hybridized carbons (Fsp3) is 0.500. The van der Waals surface area contributed by atoms with E-state index >= 15 is 0 Å². The van der Waals surface area contributed by atoms with Gasteiger partial charge in [-0.05, 0) is 0 Å². The Morgan fingerprint density at radius 2 is 0.324 bits per heavy atom. The van der Waals surface area contributed by atoms with Crippen molar-refractivity contribution in [1.29, 1.82) is 31.6 Å². The van der Waals surface area contributed by atoms with Crippen molar-refractivity contribution in [3.05, 3.63) is 0 Å². The van der Waals surface area contributed by atoms with Crippen LogP contribution in [0.3, 0.4) is 0 Å². The van der Waals surface area contributed by atoms with E-state index in [9.17, 15) is 33.8 Å². The van der Waals surface area contributed by atoms with Crippen LogP contribution in [0.25, 0.3) is 0 Å². The Morgan fingerprint density at radius 1 is 0.324 bits per heavy atom. The molecule has 0 aromatic heterocycles. The summed E-state index contributed by atoms with van der Waals surface area (Å²) in [5.41, 5.74) is 0. The molecule has 0 saturated heterocycles. The topological polar surface area (TPSA) is 143 Å². The van der Waals surface area contributed by atoms with Gasteiger partial charge in [-0.3, -0.25) is 0 Å². The molecule has 0 atom stereocenters. The summed E-state index contributed by atoms with van der Waals surface area (Å²) in [5.74, 6) is 0. The zero-order valence-corrected chi connectivity index (χ0v) is 26.0. The maximum absolute atomic E-state index is 11.2. The zero-order valence-electron chi connectivity index (χ0n) is 17.7. The molecule has 0 saturated carbocycles. The van der Waals surface area contributed by atoms with Crippen LogP contribution < -0.4 is 0 Å². The molecule has 0 aliphatic carbocycles. The van der Waals surface area contributed by atoms with Crippen LogP contribution in [0.4, 0.5) is 33.8 Å². The summed E-state index contributed by atoms with van der Waals surface area (Å²) in [5, 5.41) is 43.9. The SMILES string of the molecule is CC#N.CC#N.CC#N.CC#N.CC#N.CC#N.[F][Sb-]([F])([F])([F])([F])[F].[F][Sb-]([F])([F])([F])([F])[F].[Pd].[Pd]. The van der Waals surface area contributed by atoms with Gasteiger partial charge in [-0.1, -0.05) is 0 Å². The minimum absolute atomic E-state index is 0. The average molecular weight is 931 g/mol. The van der Waals surface area contributed by atoms with Gasteiger partial charge < -0.3 is 0 Å². The summed E-state index contributed by atoms with van der Waals surface area (Å²) in [6, 6.07) is 10.5. The molecule has 0 spiro atoms. The molecular formula is C12H18F12N6Pd2Sb2-2. The van der Waals surface area contributed by atoms with Crippen LogP contribution in [-0.4, -0.2) is 39.0 Å². The van der Waals surface area contributed by atoms with Crippen LogP contribution in [0.15, 0.2) is 0 Å². The molecule has 0 radical (unpaired) electrons. The molecule has 0 aliphatic heterocycles. The molecule has 0 fully saturated rings. The van der Waals surface area contributed by atoms with E-state index in [1.165, 1.54) is 41.5 Å². The summed E-state index contributed by atoms with van der Waals surface area (Å²) in [6.07, 6.45) is 0. The van der Waals surface area contributed by atoms with Gasteiger partial charge in [-0.25, -0.2) is 0 Å². The average Bonchev–Trinajstić information content (AvgIpc) is 2.35. The molecule has 0 unspecified atom stereocenters. The minimum atomic E-state index is -11.2. The smallest absolute Gasteiger partial charge is 0 e. The fourth-order valence-corrected chi connectivity index (χ4v) is 0. The number of hydrogen-bond donors (Lipinski definition) is 0. The normalized spacial score (nSPS) is 10.9. The van der Waals surface area contributed by atoms with Crippen LogP contribution in [0, 0.1) is 68.0 Å². The molecule has 212 valence electrons. The molecular weight excluding hydrogens is 913 g/mol. The Balaban J connectivity index is -0.0000000249. The van der Waals surface area contributed by atoms with Crippen molar-refractivity contribution in [1.82, 2.24) is 0 Å². The Hall–Kier alpha value is -0.939. The maximum atomic E-state index is 9.93. The van der Waals surface area contributed by atoms with Gasteiger partial charge in [-0.15, -0.1) is 0 Å². The monoisotopic (exact) mass is 928 g/mol. The molecule has 0 bridgehead atoms. The van der Waals surface area contributed by atoms with Crippen LogP contribution in [0.5, 0.6) is 0 Å². The fourth-order valence-electron chi connectivity index (χ4n) is 0. The second-order valence-corrected chi connectivity index (χ2v) is 14.2. The van der Waals surface area contributed by atoms with Crippen LogP contribution in [0.1, 0.15) is 41.5 Å². The minimum Gasteiger partial charge on any atom is 0 e. The molecule has 0 amide bonds. The van der Waals surface area contributed by atoms with Gasteiger partial charge in [0.25, 0.3) is 0 Å². The third-order valence-electron chi connectivity index (χ3n) is 0. The van der Waals surface area contributed by atoms with E-state index in [4.69, 9.17) is 31.6 Å². The predicted molar refractivity (Wildman–Crippen MR) is 92.5 cm³/mol. The Bertz CT molecular complexity index is 568. The largest absolute Gasteiger partial charge is 0 e. The second-order valence-electron chi connectivity index (χ2n) is 3.26. The van der Waals surface area contributed by atoms with Crippen molar-refractivity contribution < 1.29 is 74.6 Å². The number of hydrogen-bond acceptors (Lipinski definition) is 6. The summed E-state index contributed by atoms with van der Waals surface area (Å²) in [4.78, 5) is 0. The molecule has 0 N–H and O–H groups in total. The maximum Gasteiger partial charge on any atom is 0 e. The summed E-state index contributed by atoms with van der Waals surface area (Å²) in [7, 11) is 0. The van der Waals surface area contributed by atoms with E-state index in [-0.39, 0.29) is 40.8 Å². The van der Waals surface area contributed by atoms with Crippen LogP contribution in [-0.2, 0) is 40.8 Å². The Labute approximate surface area is 221 Å². The number of nitriles is 6. The quantitative estimate of drug-likeness (QED) is 0.183. The first-order valence-corrected chi connectivity index (χ1v) is 17.9. The molecule has 0 aliphatic rings. The molecule has 22 heteroatoms. The van der Waals surface area contributed by atoms with Gasteiger partial charge in [0.15, 0.2) is 0 Å². The first-order valence-electron chi connectivity index (χ1n) is 6.37. The first-order chi connectivity index (χ1) is 13.4.